The Labute approximate surface area is 99.5 Å². The normalized spacial score (nSPS) is 13.4. The van der Waals surface area contributed by atoms with E-state index in [0.29, 0.717) is 5.25 Å². The second-order valence-electron chi connectivity index (χ2n) is 5.00. The second-order valence-corrected chi connectivity index (χ2v) is 6.53. The van der Waals surface area contributed by atoms with Gasteiger partial charge in [-0.1, -0.05) is 46.1 Å². The van der Waals surface area contributed by atoms with Crippen LogP contribution in [0, 0.1) is 5.41 Å². The Morgan fingerprint density at radius 3 is 2.00 bits per heavy atom. The molecule has 0 amide bonds. The first kappa shape index (κ1) is 14.6. The average Bonchev–Trinajstić information content (AvgIpc) is 2.01. The minimum Gasteiger partial charge on any atom is -0.123 e. The summed E-state index contributed by atoms with van der Waals surface area (Å²) >= 11 is 1.82. The van der Waals surface area contributed by atoms with Gasteiger partial charge < -0.3 is 0 Å². The van der Waals surface area contributed by atoms with E-state index < -0.39 is 0 Å². The first-order chi connectivity index (χ1) is 6.66. The molecule has 1 heteroatoms. The molecular formula is C14H24S. The lowest BCUT2D eigenvalue weighted by atomic mass is 9.82. The second kappa shape index (κ2) is 5.60. The van der Waals surface area contributed by atoms with E-state index in [9.17, 15) is 0 Å². The molecule has 0 radical (unpaired) electrons. The van der Waals surface area contributed by atoms with Gasteiger partial charge in [-0.05, 0) is 31.3 Å². The molecule has 0 aliphatic carbocycles. The molecule has 1 atom stereocenters. The molecule has 0 spiro atoms. The van der Waals surface area contributed by atoms with E-state index in [0.717, 1.165) is 16.9 Å². The molecular weight excluding hydrogens is 200 g/mol. The zero-order chi connectivity index (χ0) is 12.2. The third-order valence-electron chi connectivity index (χ3n) is 2.77. The molecule has 0 N–H and O–H groups in total. The molecule has 0 rings (SSSR count). The maximum atomic E-state index is 4.04. The Bertz CT molecular complexity index is 271. The maximum Gasteiger partial charge on any atom is 0.00741 e. The zero-order valence-corrected chi connectivity index (χ0v) is 11.6. The summed E-state index contributed by atoms with van der Waals surface area (Å²) < 4.78 is 0. The highest BCUT2D eigenvalue weighted by molar-refractivity contribution is 8.03. The van der Waals surface area contributed by atoms with Gasteiger partial charge in [-0.25, -0.2) is 0 Å². The monoisotopic (exact) mass is 224 g/mol. The van der Waals surface area contributed by atoms with Gasteiger partial charge in [-0.15, -0.1) is 11.8 Å². The SMILES string of the molecule is C=C(C)C(=C)SC(C)CC(C)(C)C(=C)C. The number of rotatable bonds is 6. The lowest BCUT2D eigenvalue weighted by molar-refractivity contribution is 0.410. The van der Waals surface area contributed by atoms with Crippen molar-refractivity contribution in [3.05, 3.63) is 35.8 Å². The summed E-state index contributed by atoms with van der Waals surface area (Å²) in [5, 5.41) is 0.556. The smallest absolute Gasteiger partial charge is 0.00741 e. The fraction of sp³-hybridized carbons (Fsp3) is 0.571. The molecule has 0 bridgehead atoms. The van der Waals surface area contributed by atoms with Crippen LogP contribution in [0.3, 0.4) is 0 Å². The summed E-state index contributed by atoms with van der Waals surface area (Å²) in [6, 6.07) is 0. The van der Waals surface area contributed by atoms with Crippen LogP contribution in [-0.4, -0.2) is 5.25 Å². The summed E-state index contributed by atoms with van der Waals surface area (Å²) in [7, 11) is 0. The Morgan fingerprint density at radius 1 is 1.20 bits per heavy atom. The predicted molar refractivity (Wildman–Crippen MR) is 74.2 cm³/mol. The summed E-state index contributed by atoms with van der Waals surface area (Å²) in [6.07, 6.45) is 1.12. The molecule has 0 nitrogen and oxygen atoms in total. The van der Waals surface area contributed by atoms with Crippen molar-refractivity contribution < 1.29 is 0 Å². The van der Waals surface area contributed by atoms with Gasteiger partial charge in [0.2, 0.25) is 0 Å². The number of thioether (sulfide) groups is 1. The Kier molecular flexibility index (Phi) is 5.44. The van der Waals surface area contributed by atoms with Crippen LogP contribution in [0.5, 0.6) is 0 Å². The topological polar surface area (TPSA) is 0 Å². The molecule has 0 aliphatic rings. The summed E-state index contributed by atoms with van der Waals surface area (Å²) in [4.78, 5) is 1.10. The van der Waals surface area contributed by atoms with E-state index in [1.165, 1.54) is 5.57 Å². The van der Waals surface area contributed by atoms with Gasteiger partial charge in [0.1, 0.15) is 0 Å². The van der Waals surface area contributed by atoms with Crippen molar-refractivity contribution in [1.82, 2.24) is 0 Å². The number of hydrogen-bond donors (Lipinski definition) is 0. The van der Waals surface area contributed by atoms with E-state index in [1.807, 2.05) is 18.7 Å². The van der Waals surface area contributed by atoms with Crippen LogP contribution in [0.15, 0.2) is 35.8 Å². The van der Waals surface area contributed by atoms with Gasteiger partial charge >= 0.3 is 0 Å². The highest BCUT2D eigenvalue weighted by Gasteiger charge is 2.22. The van der Waals surface area contributed by atoms with Gasteiger partial charge in [-0.2, -0.15) is 0 Å². The molecule has 0 heterocycles. The Hall–Kier alpha value is -0.430. The third kappa shape index (κ3) is 5.27. The number of allylic oxidation sites excluding steroid dienone is 2. The third-order valence-corrected chi connectivity index (χ3v) is 3.97. The lowest BCUT2D eigenvalue weighted by Crippen LogP contribution is -2.17. The van der Waals surface area contributed by atoms with E-state index in [1.54, 1.807) is 0 Å². The summed E-state index contributed by atoms with van der Waals surface area (Å²) in [5.74, 6) is 0. The van der Waals surface area contributed by atoms with Crippen molar-refractivity contribution in [2.75, 3.05) is 0 Å². The van der Waals surface area contributed by atoms with Crippen LogP contribution in [0.25, 0.3) is 0 Å². The van der Waals surface area contributed by atoms with Crippen LogP contribution in [-0.2, 0) is 0 Å². The molecule has 0 aromatic rings. The molecule has 15 heavy (non-hydrogen) atoms. The minimum atomic E-state index is 0.210. The van der Waals surface area contributed by atoms with Gasteiger partial charge in [0, 0.05) is 10.2 Å². The van der Waals surface area contributed by atoms with Crippen molar-refractivity contribution in [2.45, 2.75) is 46.3 Å². The molecule has 86 valence electrons. The molecule has 0 fully saturated rings. The lowest BCUT2D eigenvalue weighted by Gasteiger charge is -2.28. The standard InChI is InChI=1S/C14H24S/c1-10(2)13(6)15-12(5)9-14(7,8)11(3)4/h12H,1,3,6,9H2,2,4-5,7-8H3. The maximum absolute atomic E-state index is 4.04. The summed E-state index contributed by atoms with van der Waals surface area (Å²) in [5.41, 5.74) is 2.53. The molecule has 1 unspecified atom stereocenters. The van der Waals surface area contributed by atoms with E-state index in [-0.39, 0.29) is 5.41 Å². The molecule has 0 aromatic heterocycles. The first-order valence-electron chi connectivity index (χ1n) is 5.34. The number of hydrogen-bond acceptors (Lipinski definition) is 1. The van der Waals surface area contributed by atoms with Crippen molar-refractivity contribution in [1.29, 1.82) is 0 Å². The molecule has 0 saturated carbocycles. The summed E-state index contributed by atoms with van der Waals surface area (Å²) in [6.45, 7) is 22.8. The van der Waals surface area contributed by atoms with Crippen molar-refractivity contribution in [3.8, 4) is 0 Å². The zero-order valence-electron chi connectivity index (χ0n) is 10.8. The minimum absolute atomic E-state index is 0.210. The van der Waals surface area contributed by atoms with Crippen LogP contribution in [0.2, 0.25) is 0 Å². The van der Waals surface area contributed by atoms with E-state index in [4.69, 9.17) is 0 Å². The van der Waals surface area contributed by atoms with Crippen molar-refractivity contribution in [3.63, 3.8) is 0 Å². The van der Waals surface area contributed by atoms with Crippen molar-refractivity contribution in [2.24, 2.45) is 5.41 Å². The highest BCUT2D eigenvalue weighted by Crippen LogP contribution is 2.36. The fourth-order valence-corrected chi connectivity index (χ4v) is 2.46. The highest BCUT2D eigenvalue weighted by atomic mass is 32.2. The Morgan fingerprint density at radius 2 is 1.67 bits per heavy atom. The fourth-order valence-electron chi connectivity index (χ4n) is 1.28. The molecule has 0 saturated heterocycles. The van der Waals surface area contributed by atoms with E-state index in [2.05, 4.69) is 47.4 Å². The van der Waals surface area contributed by atoms with Gasteiger partial charge in [0.15, 0.2) is 0 Å². The van der Waals surface area contributed by atoms with Crippen LogP contribution in [0.1, 0.15) is 41.0 Å². The van der Waals surface area contributed by atoms with Crippen molar-refractivity contribution >= 4 is 11.8 Å². The molecule has 0 aliphatic heterocycles. The predicted octanol–water partition coefficient (Wildman–Crippen LogP) is 5.19. The quantitative estimate of drug-likeness (QED) is 0.442. The van der Waals surface area contributed by atoms with Crippen LogP contribution >= 0.6 is 11.8 Å². The van der Waals surface area contributed by atoms with Crippen LogP contribution in [0.4, 0.5) is 0 Å². The largest absolute Gasteiger partial charge is 0.123 e. The average molecular weight is 224 g/mol. The first-order valence-corrected chi connectivity index (χ1v) is 6.22. The van der Waals surface area contributed by atoms with E-state index >= 15 is 0 Å². The molecule has 0 aromatic carbocycles. The van der Waals surface area contributed by atoms with Gasteiger partial charge in [0.05, 0.1) is 0 Å². The van der Waals surface area contributed by atoms with Crippen LogP contribution < -0.4 is 0 Å². The Balaban J connectivity index is 4.26. The van der Waals surface area contributed by atoms with Gasteiger partial charge in [-0.3, -0.25) is 0 Å². The van der Waals surface area contributed by atoms with Gasteiger partial charge in [0.25, 0.3) is 0 Å².